The smallest absolute Gasteiger partial charge is 0.398 e. The van der Waals surface area contributed by atoms with E-state index in [1.165, 1.54) is 24.3 Å². The third kappa shape index (κ3) is 5.10. The fourth-order valence-electron chi connectivity index (χ4n) is 5.29. The van der Waals surface area contributed by atoms with Gasteiger partial charge in [0.1, 0.15) is 6.10 Å². The number of fused-ring (bicyclic) bond motifs is 4. The summed E-state index contributed by atoms with van der Waals surface area (Å²) < 4.78 is 76.3. The number of hydrogen-bond acceptors (Lipinski definition) is 6. The largest absolute Gasteiger partial charge is 0.467 e. The molecular formula is C30H27F3N4O3S. The van der Waals surface area contributed by atoms with Gasteiger partial charge in [0.2, 0.25) is 11.8 Å². The highest BCUT2D eigenvalue weighted by atomic mass is 32.2. The van der Waals surface area contributed by atoms with Crippen molar-refractivity contribution in [3.63, 3.8) is 0 Å². The molecule has 0 spiro atoms. The predicted octanol–water partition coefficient (Wildman–Crippen LogP) is 6.70. The lowest BCUT2D eigenvalue weighted by Crippen LogP contribution is -2.28. The number of sulfonamides is 1. The highest BCUT2D eigenvalue weighted by molar-refractivity contribution is 7.92. The van der Waals surface area contributed by atoms with E-state index in [9.17, 15) is 21.6 Å². The first-order valence-electron chi connectivity index (χ1n) is 13.1. The molecule has 2 heterocycles. The molecular weight excluding hydrogens is 553 g/mol. The molecule has 0 saturated heterocycles. The van der Waals surface area contributed by atoms with E-state index in [0.29, 0.717) is 16.9 Å². The van der Waals surface area contributed by atoms with Crippen LogP contribution in [0.25, 0.3) is 11.3 Å². The number of alkyl halides is 3. The third-order valence-corrected chi connectivity index (χ3v) is 9.02. The highest BCUT2D eigenvalue weighted by Gasteiger charge is 2.64. The number of nitrogens with one attached hydrogen (secondary N) is 2. The molecule has 1 aliphatic carbocycles. The topological polar surface area (TPSA) is 93.2 Å². The Kier molecular flexibility index (Phi) is 6.44. The van der Waals surface area contributed by atoms with Gasteiger partial charge in [-0.1, -0.05) is 48.5 Å². The van der Waals surface area contributed by atoms with Crippen LogP contribution >= 0.6 is 0 Å². The van der Waals surface area contributed by atoms with E-state index >= 15 is 0 Å². The van der Waals surface area contributed by atoms with Gasteiger partial charge in [0.15, 0.2) is 0 Å². The SMILES string of the molecule is Cc1cccc(C)c1-c1cc2nc(n1)NS(=O)(=O)c1cccc(c1)NCC(c1ccc(C3(C(F)(F)F)CC3)cc1)O2. The number of rotatable bonds is 3. The van der Waals surface area contributed by atoms with Crippen molar-refractivity contribution in [2.75, 3.05) is 16.6 Å². The summed E-state index contributed by atoms with van der Waals surface area (Å²) in [5, 5.41) is 3.20. The molecule has 1 fully saturated rings. The minimum Gasteiger partial charge on any atom is -0.467 e. The van der Waals surface area contributed by atoms with E-state index in [1.54, 1.807) is 30.3 Å². The zero-order valence-corrected chi connectivity index (χ0v) is 23.1. The van der Waals surface area contributed by atoms with E-state index in [2.05, 4.69) is 20.0 Å². The number of hydrogen-bond donors (Lipinski definition) is 2. The summed E-state index contributed by atoms with van der Waals surface area (Å²) in [6.45, 7) is 4.06. The van der Waals surface area contributed by atoms with Crippen molar-refractivity contribution in [2.24, 2.45) is 0 Å². The Balaban J connectivity index is 1.44. The van der Waals surface area contributed by atoms with Crippen molar-refractivity contribution in [3.05, 3.63) is 95.1 Å². The maximum atomic E-state index is 13.7. The quantitative estimate of drug-likeness (QED) is 0.280. The van der Waals surface area contributed by atoms with Crippen LogP contribution in [0.4, 0.5) is 24.8 Å². The fourth-order valence-corrected chi connectivity index (χ4v) is 6.28. The summed E-state index contributed by atoms with van der Waals surface area (Å²) in [5.74, 6) is -0.0431. The first-order chi connectivity index (χ1) is 19.4. The van der Waals surface area contributed by atoms with Crippen LogP contribution in [0.5, 0.6) is 5.88 Å². The summed E-state index contributed by atoms with van der Waals surface area (Å²) in [6.07, 6.45) is -4.82. The van der Waals surface area contributed by atoms with Gasteiger partial charge < -0.3 is 10.1 Å². The van der Waals surface area contributed by atoms with Crippen LogP contribution in [0, 0.1) is 13.8 Å². The summed E-state index contributed by atoms with van der Waals surface area (Å²) in [5.41, 5.74) is 2.78. The zero-order chi connectivity index (χ0) is 29.0. The van der Waals surface area contributed by atoms with Crippen LogP contribution in [0.3, 0.4) is 0 Å². The Morgan fingerprint density at radius 1 is 0.927 bits per heavy atom. The van der Waals surface area contributed by atoms with Crippen LogP contribution in [0.15, 0.2) is 77.7 Å². The Morgan fingerprint density at radius 3 is 2.27 bits per heavy atom. The van der Waals surface area contributed by atoms with Crippen LogP contribution in [0.1, 0.15) is 41.2 Å². The average molecular weight is 581 g/mol. The lowest BCUT2D eigenvalue weighted by Gasteiger charge is -2.24. The van der Waals surface area contributed by atoms with Gasteiger partial charge in [-0.05, 0) is 67.1 Å². The molecule has 0 radical (unpaired) electrons. The van der Waals surface area contributed by atoms with Crippen molar-refractivity contribution >= 4 is 21.7 Å². The Labute approximate surface area is 235 Å². The second-order valence-electron chi connectivity index (χ2n) is 10.5. The first kappa shape index (κ1) is 27.1. The van der Waals surface area contributed by atoms with E-state index in [0.717, 1.165) is 16.7 Å². The highest BCUT2D eigenvalue weighted by Crippen LogP contribution is 2.58. The van der Waals surface area contributed by atoms with Crippen molar-refractivity contribution in [1.29, 1.82) is 0 Å². The second kappa shape index (κ2) is 9.76. The van der Waals surface area contributed by atoms with Crippen molar-refractivity contribution < 1.29 is 26.3 Å². The van der Waals surface area contributed by atoms with Gasteiger partial charge >= 0.3 is 6.18 Å². The van der Waals surface area contributed by atoms with Crippen molar-refractivity contribution in [1.82, 2.24) is 9.97 Å². The summed E-state index contributed by atoms with van der Waals surface area (Å²) >= 11 is 0. The molecule has 7 nitrogen and oxygen atoms in total. The molecule has 0 amide bonds. The number of aryl methyl sites for hydroxylation is 2. The molecule has 1 saturated carbocycles. The van der Waals surface area contributed by atoms with Gasteiger partial charge in [0, 0.05) is 17.3 Å². The first-order valence-corrected chi connectivity index (χ1v) is 14.6. The Hall–Kier alpha value is -4.12. The third-order valence-electron chi connectivity index (χ3n) is 7.69. The molecule has 212 valence electrons. The minimum atomic E-state index is -4.31. The lowest BCUT2D eigenvalue weighted by molar-refractivity contribution is -0.160. The monoisotopic (exact) mass is 580 g/mol. The summed E-state index contributed by atoms with van der Waals surface area (Å²) in [6, 6.07) is 20.0. The number of benzene rings is 3. The van der Waals surface area contributed by atoms with E-state index < -0.39 is 27.7 Å². The standard InChI is InChI=1S/C30H27F3N4O3S/c1-18-5-3-6-19(2)27(18)24-16-26-36-28(35-24)37-41(38,39)23-8-4-7-22(15-23)34-17-25(40-26)20-9-11-21(12-10-20)29(13-14-29)30(31,32)33/h3-12,15-16,25,34H,13-14,17H2,1-2H3,(H,35,36,37). The molecule has 41 heavy (non-hydrogen) atoms. The molecule has 1 atom stereocenters. The maximum Gasteiger partial charge on any atom is 0.398 e. The molecule has 3 aromatic carbocycles. The predicted molar refractivity (Wildman–Crippen MR) is 149 cm³/mol. The van der Waals surface area contributed by atoms with Gasteiger partial charge in [-0.2, -0.15) is 18.2 Å². The minimum absolute atomic E-state index is 0.0226. The van der Waals surface area contributed by atoms with E-state index in [-0.39, 0.29) is 41.7 Å². The van der Waals surface area contributed by atoms with Gasteiger partial charge in [-0.15, -0.1) is 0 Å². The molecule has 11 heteroatoms. The summed E-state index contributed by atoms with van der Waals surface area (Å²) in [7, 11) is -4.02. The van der Waals surface area contributed by atoms with Gasteiger partial charge in [0.05, 0.1) is 22.5 Å². The summed E-state index contributed by atoms with van der Waals surface area (Å²) in [4.78, 5) is 8.91. The number of nitrogens with zero attached hydrogens (tertiary/aromatic N) is 2. The van der Waals surface area contributed by atoms with Gasteiger partial charge in [-0.3, -0.25) is 0 Å². The number of ether oxygens (including phenoxy) is 1. The van der Waals surface area contributed by atoms with Crippen LogP contribution in [0.2, 0.25) is 0 Å². The van der Waals surface area contributed by atoms with E-state index in [1.807, 2.05) is 32.0 Å². The number of anilines is 2. The second-order valence-corrected chi connectivity index (χ2v) is 12.2. The van der Waals surface area contributed by atoms with Gasteiger partial charge in [0.25, 0.3) is 10.0 Å². The van der Waals surface area contributed by atoms with Crippen LogP contribution in [-0.2, 0) is 15.4 Å². The normalized spacial score (nSPS) is 19.0. The molecule has 4 bridgehead atoms. The molecule has 6 rings (SSSR count). The van der Waals surface area contributed by atoms with Crippen LogP contribution < -0.4 is 14.8 Å². The number of halogens is 3. The van der Waals surface area contributed by atoms with Crippen molar-refractivity contribution in [3.8, 4) is 17.1 Å². The van der Waals surface area contributed by atoms with E-state index in [4.69, 9.17) is 4.74 Å². The Bertz CT molecular complexity index is 1720. The number of aromatic nitrogens is 2. The molecule has 2 N–H and O–H groups in total. The van der Waals surface area contributed by atoms with Crippen molar-refractivity contribution in [2.45, 2.75) is 49.3 Å². The molecule has 2 aliphatic rings. The zero-order valence-electron chi connectivity index (χ0n) is 22.3. The molecule has 1 aromatic heterocycles. The Morgan fingerprint density at radius 2 is 1.61 bits per heavy atom. The fraction of sp³-hybridized carbons (Fsp3) is 0.267. The van der Waals surface area contributed by atoms with Crippen LogP contribution in [-0.4, -0.2) is 31.1 Å². The molecule has 1 unspecified atom stereocenters. The molecule has 1 aliphatic heterocycles. The average Bonchev–Trinajstić information content (AvgIpc) is 3.73. The maximum absolute atomic E-state index is 13.7. The molecule has 4 aromatic rings. The van der Waals surface area contributed by atoms with Gasteiger partial charge in [-0.25, -0.2) is 18.1 Å². The lowest BCUT2D eigenvalue weighted by atomic mass is 9.93.